The van der Waals surface area contributed by atoms with Gasteiger partial charge in [-0.2, -0.15) is 0 Å². The zero-order chi connectivity index (χ0) is 25.9. The number of ether oxygens (including phenoxy) is 4. The van der Waals surface area contributed by atoms with Crippen LogP contribution in [0, 0.1) is 5.92 Å². The number of phenolic OH excluding ortho intramolecular Hbond substituents is 1. The first-order valence-corrected chi connectivity index (χ1v) is 12.9. The van der Waals surface area contributed by atoms with Crippen molar-refractivity contribution in [2.24, 2.45) is 5.92 Å². The minimum Gasteiger partial charge on any atom is -0.507 e. The number of esters is 1. The minimum absolute atomic E-state index is 0.0444. The quantitative estimate of drug-likeness (QED) is 0.447. The number of nitrogens with one attached hydrogen (secondary N) is 1. The molecule has 2 saturated heterocycles. The minimum atomic E-state index is -0.800. The fourth-order valence-electron chi connectivity index (χ4n) is 5.17. The lowest BCUT2D eigenvalue weighted by molar-refractivity contribution is -0.944. The lowest BCUT2D eigenvalue weighted by Crippen LogP contribution is -3.16. The highest BCUT2D eigenvalue weighted by molar-refractivity contribution is 5.92. The van der Waals surface area contributed by atoms with E-state index in [1.807, 2.05) is 33.8 Å². The van der Waals surface area contributed by atoms with Gasteiger partial charge in [-0.3, -0.25) is 9.59 Å². The number of aromatic hydroxyl groups is 1. The zero-order valence-corrected chi connectivity index (χ0v) is 21.7. The Balaban J connectivity index is 1.69. The molecule has 4 rings (SSSR count). The first-order valence-electron chi connectivity index (χ1n) is 12.9. The maximum atomic E-state index is 12.8. The van der Waals surface area contributed by atoms with Crippen LogP contribution in [0.3, 0.4) is 0 Å². The second-order valence-electron chi connectivity index (χ2n) is 10.6. The van der Waals surface area contributed by atoms with E-state index in [4.69, 9.17) is 18.9 Å². The summed E-state index contributed by atoms with van der Waals surface area (Å²) < 4.78 is 23.3. The van der Waals surface area contributed by atoms with Gasteiger partial charge in [0.05, 0.1) is 32.0 Å². The summed E-state index contributed by atoms with van der Waals surface area (Å²) in [6.07, 6.45) is 2.82. The first kappa shape index (κ1) is 26.4. The van der Waals surface area contributed by atoms with Crippen molar-refractivity contribution in [1.82, 2.24) is 4.90 Å². The molecule has 1 aromatic carbocycles. The molecule has 3 aliphatic rings. The number of benzene rings is 1. The Morgan fingerprint density at radius 2 is 1.83 bits per heavy atom. The van der Waals surface area contributed by atoms with Crippen LogP contribution in [0.1, 0.15) is 51.3 Å². The van der Waals surface area contributed by atoms with E-state index in [1.165, 1.54) is 11.0 Å². The molecule has 3 heterocycles. The maximum Gasteiger partial charge on any atom is 0.306 e. The highest BCUT2D eigenvalue weighted by atomic mass is 16.6. The van der Waals surface area contributed by atoms with Crippen molar-refractivity contribution in [1.29, 1.82) is 0 Å². The summed E-state index contributed by atoms with van der Waals surface area (Å²) in [5.41, 5.74) is 0.323. The molecule has 1 aromatic rings. The second-order valence-corrected chi connectivity index (χ2v) is 10.6. The van der Waals surface area contributed by atoms with Gasteiger partial charge < -0.3 is 33.9 Å². The summed E-state index contributed by atoms with van der Waals surface area (Å²) in [5, 5.41) is 11.5. The number of hydrogen-bond donors (Lipinski definition) is 2. The van der Waals surface area contributed by atoms with Crippen LogP contribution >= 0.6 is 0 Å². The van der Waals surface area contributed by atoms with Crippen LogP contribution in [0.5, 0.6) is 11.5 Å². The predicted molar refractivity (Wildman–Crippen MR) is 133 cm³/mol. The van der Waals surface area contributed by atoms with E-state index in [2.05, 4.69) is 0 Å². The third kappa shape index (κ3) is 5.85. The number of rotatable bonds is 6. The molecule has 0 aliphatic carbocycles. The molecule has 0 unspecified atom stereocenters. The van der Waals surface area contributed by atoms with Gasteiger partial charge >= 0.3 is 5.97 Å². The van der Waals surface area contributed by atoms with Crippen LogP contribution in [0.4, 0.5) is 0 Å². The van der Waals surface area contributed by atoms with Crippen LogP contribution in [-0.2, 0) is 23.8 Å². The lowest BCUT2D eigenvalue weighted by Gasteiger charge is -2.46. The summed E-state index contributed by atoms with van der Waals surface area (Å²) in [6.45, 7) is 12.6. The third-order valence-corrected chi connectivity index (χ3v) is 7.02. The summed E-state index contributed by atoms with van der Waals surface area (Å²) >= 11 is 0. The summed E-state index contributed by atoms with van der Waals surface area (Å²) in [6, 6.07) is 3.24. The van der Waals surface area contributed by atoms with E-state index >= 15 is 0 Å². The number of nitrogens with zero attached hydrogens (tertiary/aromatic N) is 1. The van der Waals surface area contributed by atoms with Crippen molar-refractivity contribution in [2.45, 2.75) is 51.9 Å². The van der Waals surface area contributed by atoms with Crippen molar-refractivity contribution >= 4 is 18.0 Å². The van der Waals surface area contributed by atoms with E-state index in [0.717, 1.165) is 0 Å². The number of morpholine rings is 2. The van der Waals surface area contributed by atoms with Gasteiger partial charge in [0.1, 0.15) is 30.2 Å². The molecule has 0 radical (unpaired) electrons. The van der Waals surface area contributed by atoms with Gasteiger partial charge in [0.2, 0.25) is 5.91 Å². The Kier molecular flexibility index (Phi) is 8.22. The number of quaternary nitrogens is 1. The normalized spacial score (nSPS) is 24.4. The van der Waals surface area contributed by atoms with Crippen LogP contribution in [0.15, 0.2) is 18.2 Å². The van der Waals surface area contributed by atoms with Crippen molar-refractivity contribution in [3.63, 3.8) is 0 Å². The van der Waals surface area contributed by atoms with Gasteiger partial charge in [-0.1, -0.05) is 13.8 Å². The number of phenols is 1. The van der Waals surface area contributed by atoms with Crippen molar-refractivity contribution in [3.05, 3.63) is 29.3 Å². The second kappa shape index (κ2) is 11.2. The van der Waals surface area contributed by atoms with Gasteiger partial charge in [-0.15, -0.1) is 0 Å². The molecule has 9 nitrogen and oxygen atoms in total. The molecular weight excluding hydrogens is 464 g/mol. The largest absolute Gasteiger partial charge is 0.507 e. The number of hydrogen-bond acceptors (Lipinski definition) is 7. The summed E-state index contributed by atoms with van der Waals surface area (Å²) in [4.78, 5) is 28.3. The van der Waals surface area contributed by atoms with E-state index in [-0.39, 0.29) is 29.6 Å². The van der Waals surface area contributed by atoms with Gasteiger partial charge in [0, 0.05) is 31.1 Å². The highest BCUT2D eigenvalue weighted by Crippen LogP contribution is 2.46. The van der Waals surface area contributed by atoms with Crippen LogP contribution in [0.2, 0.25) is 0 Å². The van der Waals surface area contributed by atoms with E-state index in [9.17, 15) is 14.7 Å². The van der Waals surface area contributed by atoms with Crippen molar-refractivity contribution in [2.75, 3.05) is 52.6 Å². The van der Waals surface area contributed by atoms with Gasteiger partial charge in [0.25, 0.3) is 0 Å². The molecule has 2 atom stereocenters. The molecule has 0 bridgehead atoms. The van der Waals surface area contributed by atoms with Crippen molar-refractivity contribution < 1.29 is 38.5 Å². The van der Waals surface area contributed by atoms with Crippen LogP contribution in [-0.4, -0.2) is 86.2 Å². The number of carbonyl (C=O) groups excluding carboxylic acids is 2. The molecule has 2 N–H and O–H groups in total. The van der Waals surface area contributed by atoms with Crippen molar-refractivity contribution in [3.8, 4) is 11.5 Å². The molecule has 198 valence electrons. The molecular formula is C27H39N2O7+. The fourth-order valence-corrected chi connectivity index (χ4v) is 5.17. The fraction of sp³-hybridized carbons (Fsp3) is 0.630. The predicted octanol–water partition coefficient (Wildman–Crippen LogP) is 1.35. The van der Waals surface area contributed by atoms with E-state index in [0.29, 0.717) is 75.9 Å². The van der Waals surface area contributed by atoms with Gasteiger partial charge in [-0.25, -0.2) is 0 Å². The SMILES string of the molecule is CC(C)CC(=O)O[C@H]1[C@H]([NH+]2CCOCC2)c2c(ccc(/C=C/C(=O)N3CCOCC3)c2O)OC1(C)C. The monoisotopic (exact) mass is 503 g/mol. The number of amides is 1. The standard InChI is InChI=1S/C27H38N2O7/c1-18(2)17-22(31)35-26-24(29-11-15-34-16-12-29)23-20(36-27(26,3)4)7-5-19(25(23)32)6-8-21(30)28-9-13-33-14-10-28/h5-8,18,24,26,32H,9-17H2,1-4H3/p+1/b8-6+/t24-,26+/m1/s1. The number of fused-ring (bicyclic) bond motifs is 1. The molecule has 36 heavy (non-hydrogen) atoms. The maximum absolute atomic E-state index is 12.8. The van der Waals surface area contributed by atoms with E-state index < -0.39 is 11.7 Å². The Bertz CT molecular complexity index is 979. The Morgan fingerprint density at radius 1 is 1.17 bits per heavy atom. The summed E-state index contributed by atoms with van der Waals surface area (Å²) in [5.74, 6) is 0.376. The smallest absolute Gasteiger partial charge is 0.306 e. The van der Waals surface area contributed by atoms with Gasteiger partial charge in [-0.05, 0) is 38.0 Å². The zero-order valence-electron chi connectivity index (χ0n) is 21.7. The average Bonchev–Trinajstić information content (AvgIpc) is 2.84. The molecule has 2 fully saturated rings. The molecule has 0 spiro atoms. The lowest BCUT2D eigenvalue weighted by atomic mass is 9.83. The number of carbonyl (C=O) groups is 2. The molecule has 3 aliphatic heterocycles. The third-order valence-electron chi connectivity index (χ3n) is 7.02. The Morgan fingerprint density at radius 3 is 2.50 bits per heavy atom. The van der Waals surface area contributed by atoms with Crippen LogP contribution in [0.25, 0.3) is 6.08 Å². The van der Waals surface area contributed by atoms with E-state index in [1.54, 1.807) is 17.0 Å². The molecule has 1 amide bonds. The molecule has 0 saturated carbocycles. The van der Waals surface area contributed by atoms with Gasteiger partial charge in [0.15, 0.2) is 12.1 Å². The Labute approximate surface area is 212 Å². The summed E-state index contributed by atoms with van der Waals surface area (Å²) in [7, 11) is 0. The molecule has 9 heteroatoms. The first-order chi connectivity index (χ1) is 17.2. The Hall–Kier alpha value is -2.62. The molecule has 0 aromatic heterocycles. The highest BCUT2D eigenvalue weighted by Gasteiger charge is 2.53. The van der Waals surface area contributed by atoms with Crippen LogP contribution < -0.4 is 9.64 Å². The average molecular weight is 504 g/mol. The topological polar surface area (TPSA) is 99.0 Å².